The summed E-state index contributed by atoms with van der Waals surface area (Å²) in [6.07, 6.45) is 0.742. The molecule has 1 unspecified atom stereocenters. The maximum absolute atomic E-state index is 11.5. The van der Waals surface area contributed by atoms with Gasteiger partial charge in [-0.15, -0.1) is 0 Å². The van der Waals surface area contributed by atoms with Crippen molar-refractivity contribution in [3.05, 3.63) is 28.2 Å². The van der Waals surface area contributed by atoms with Crippen LogP contribution in [-0.4, -0.2) is 24.0 Å². The summed E-state index contributed by atoms with van der Waals surface area (Å²) < 4.78 is 0.866. The lowest BCUT2D eigenvalue weighted by atomic mass is 9.89. The largest absolute Gasteiger partial charge is 0.389 e. The number of hydrogen-bond donors (Lipinski definition) is 2. The summed E-state index contributed by atoms with van der Waals surface area (Å²) in [4.78, 5) is 14.0. The Hall–Kier alpha value is -1.14. The van der Waals surface area contributed by atoms with E-state index < -0.39 is 5.41 Å². The fourth-order valence-corrected chi connectivity index (χ4v) is 3.30. The minimum Gasteiger partial charge on any atom is -0.389 e. The van der Waals surface area contributed by atoms with E-state index in [9.17, 15) is 4.79 Å². The summed E-state index contributed by atoms with van der Waals surface area (Å²) in [6, 6.07) is 5.80. The molecule has 1 aromatic carbocycles. The van der Waals surface area contributed by atoms with E-state index in [-0.39, 0.29) is 5.91 Å². The van der Waals surface area contributed by atoms with Crippen molar-refractivity contribution in [2.24, 2.45) is 16.9 Å². The Kier molecular flexibility index (Phi) is 3.82. The second-order valence-electron chi connectivity index (χ2n) is 5.09. The summed E-state index contributed by atoms with van der Waals surface area (Å²) in [7, 11) is 0. The molecule has 6 heteroatoms. The number of nitrogens with two attached hydrogens (primary N) is 2. The Bertz CT molecular complexity index is 549. The molecule has 4 N–H and O–H groups in total. The monoisotopic (exact) mass is 341 g/mol. The minimum atomic E-state index is -0.490. The van der Waals surface area contributed by atoms with Crippen molar-refractivity contribution in [2.75, 3.05) is 18.0 Å². The van der Waals surface area contributed by atoms with Gasteiger partial charge in [0.2, 0.25) is 5.91 Å². The fourth-order valence-electron chi connectivity index (χ4n) is 2.39. The Morgan fingerprint density at radius 1 is 1.47 bits per heavy atom. The van der Waals surface area contributed by atoms with Crippen LogP contribution in [0.3, 0.4) is 0 Å². The quantitative estimate of drug-likeness (QED) is 0.822. The van der Waals surface area contributed by atoms with Gasteiger partial charge in [0.1, 0.15) is 4.99 Å². The van der Waals surface area contributed by atoms with Crippen LogP contribution in [0.2, 0.25) is 0 Å². The van der Waals surface area contributed by atoms with Crippen LogP contribution in [0.1, 0.15) is 18.9 Å². The van der Waals surface area contributed by atoms with Gasteiger partial charge < -0.3 is 16.4 Å². The first kappa shape index (κ1) is 14.3. The smallest absolute Gasteiger partial charge is 0.225 e. The first-order valence-corrected chi connectivity index (χ1v) is 7.18. The van der Waals surface area contributed by atoms with Crippen molar-refractivity contribution in [2.45, 2.75) is 13.3 Å². The van der Waals surface area contributed by atoms with E-state index in [1.807, 2.05) is 25.1 Å². The maximum Gasteiger partial charge on any atom is 0.225 e. The zero-order chi connectivity index (χ0) is 14.2. The molecule has 1 atom stereocenters. The van der Waals surface area contributed by atoms with Crippen LogP contribution in [-0.2, 0) is 4.79 Å². The molecule has 0 aliphatic carbocycles. The zero-order valence-corrected chi connectivity index (χ0v) is 13.1. The molecule has 102 valence electrons. The van der Waals surface area contributed by atoms with Gasteiger partial charge >= 0.3 is 0 Å². The number of anilines is 1. The van der Waals surface area contributed by atoms with Gasteiger partial charge in [-0.05, 0) is 41.4 Å². The van der Waals surface area contributed by atoms with Crippen LogP contribution >= 0.6 is 28.1 Å². The van der Waals surface area contributed by atoms with Crippen LogP contribution in [0.5, 0.6) is 0 Å². The third kappa shape index (κ3) is 2.60. The number of hydrogen-bond acceptors (Lipinski definition) is 3. The van der Waals surface area contributed by atoms with Crippen molar-refractivity contribution in [3.8, 4) is 0 Å². The number of halogens is 1. The van der Waals surface area contributed by atoms with Crippen molar-refractivity contribution in [3.63, 3.8) is 0 Å². The highest BCUT2D eigenvalue weighted by atomic mass is 79.9. The number of primary amides is 1. The van der Waals surface area contributed by atoms with Crippen LogP contribution in [0.15, 0.2) is 22.7 Å². The maximum atomic E-state index is 11.5. The Balaban J connectivity index is 2.37. The number of amides is 1. The zero-order valence-electron chi connectivity index (χ0n) is 10.6. The summed E-state index contributed by atoms with van der Waals surface area (Å²) in [5, 5.41) is 0. The van der Waals surface area contributed by atoms with Crippen LogP contribution in [0.25, 0.3) is 0 Å². The number of benzene rings is 1. The predicted octanol–water partition coefficient (Wildman–Crippen LogP) is 1.78. The molecule has 0 bridgehead atoms. The molecule has 19 heavy (non-hydrogen) atoms. The van der Waals surface area contributed by atoms with E-state index in [1.54, 1.807) is 0 Å². The number of carbonyl (C=O) groups excluding carboxylic acids is 1. The normalized spacial score (nSPS) is 22.5. The van der Waals surface area contributed by atoms with E-state index in [1.165, 1.54) is 0 Å². The highest BCUT2D eigenvalue weighted by Crippen LogP contribution is 2.36. The molecule has 1 heterocycles. The third-order valence-corrected chi connectivity index (χ3v) is 4.51. The summed E-state index contributed by atoms with van der Waals surface area (Å²) >= 11 is 8.58. The number of rotatable bonds is 3. The van der Waals surface area contributed by atoms with Crippen molar-refractivity contribution in [1.29, 1.82) is 0 Å². The lowest BCUT2D eigenvalue weighted by molar-refractivity contribution is -0.125. The number of thiocarbonyl (C=S) groups is 1. The van der Waals surface area contributed by atoms with Gasteiger partial charge in [0.15, 0.2) is 0 Å². The third-order valence-electron chi connectivity index (χ3n) is 3.65. The number of carbonyl (C=O) groups is 1. The molecule has 0 saturated carbocycles. The van der Waals surface area contributed by atoms with Gasteiger partial charge in [0.25, 0.3) is 0 Å². The fraction of sp³-hybridized carbons (Fsp3) is 0.385. The van der Waals surface area contributed by atoms with E-state index in [2.05, 4.69) is 20.8 Å². The average Bonchev–Trinajstić information content (AvgIpc) is 2.72. The molecule has 0 aromatic heterocycles. The summed E-state index contributed by atoms with van der Waals surface area (Å²) in [5.74, 6) is -0.262. The van der Waals surface area contributed by atoms with E-state index in [0.717, 1.165) is 28.7 Å². The molecular weight excluding hydrogens is 326 g/mol. The van der Waals surface area contributed by atoms with Crippen molar-refractivity contribution in [1.82, 2.24) is 0 Å². The average molecular weight is 342 g/mol. The Morgan fingerprint density at radius 3 is 2.68 bits per heavy atom. The summed E-state index contributed by atoms with van der Waals surface area (Å²) in [6.45, 7) is 3.26. The first-order valence-electron chi connectivity index (χ1n) is 5.98. The first-order chi connectivity index (χ1) is 8.85. The molecule has 1 amide bonds. The predicted molar refractivity (Wildman–Crippen MR) is 84.2 cm³/mol. The molecule has 0 spiro atoms. The lowest BCUT2D eigenvalue weighted by Gasteiger charge is -2.25. The Morgan fingerprint density at radius 2 is 2.16 bits per heavy atom. The molecule has 0 radical (unpaired) electrons. The van der Waals surface area contributed by atoms with Crippen molar-refractivity contribution >= 4 is 44.7 Å². The van der Waals surface area contributed by atoms with Gasteiger partial charge in [-0.25, -0.2) is 0 Å². The topological polar surface area (TPSA) is 72.4 Å². The lowest BCUT2D eigenvalue weighted by Crippen LogP contribution is -2.37. The van der Waals surface area contributed by atoms with Gasteiger partial charge in [-0.2, -0.15) is 0 Å². The van der Waals surface area contributed by atoms with E-state index in [4.69, 9.17) is 23.7 Å². The second-order valence-corrected chi connectivity index (χ2v) is 6.39. The van der Waals surface area contributed by atoms with Gasteiger partial charge in [0, 0.05) is 28.8 Å². The number of nitrogens with zero attached hydrogens (tertiary/aromatic N) is 1. The van der Waals surface area contributed by atoms with Gasteiger partial charge in [-0.1, -0.05) is 18.3 Å². The van der Waals surface area contributed by atoms with E-state index >= 15 is 0 Å². The van der Waals surface area contributed by atoms with E-state index in [0.29, 0.717) is 11.5 Å². The molecule has 1 fully saturated rings. The van der Waals surface area contributed by atoms with Crippen LogP contribution < -0.4 is 16.4 Å². The standard InChI is InChI=1S/C13H16BrN3OS/c1-13(12(16)18)5-6-17(7-13)9-4-2-3-8(14)10(9)11(15)19/h2-4H,5-7H2,1H3,(H2,15,19)(H2,16,18). The second kappa shape index (κ2) is 5.09. The Labute approximate surface area is 126 Å². The highest BCUT2D eigenvalue weighted by molar-refractivity contribution is 9.10. The summed E-state index contributed by atoms with van der Waals surface area (Å²) in [5.41, 5.74) is 12.5. The molecule has 1 saturated heterocycles. The van der Waals surface area contributed by atoms with Gasteiger partial charge in [-0.3, -0.25) is 4.79 Å². The van der Waals surface area contributed by atoms with Gasteiger partial charge in [0.05, 0.1) is 5.41 Å². The molecular formula is C13H16BrN3OS. The molecule has 1 aliphatic rings. The molecule has 1 aromatic rings. The molecule has 1 aliphatic heterocycles. The molecule has 4 nitrogen and oxygen atoms in total. The SMILES string of the molecule is CC1(C(N)=O)CCN(c2cccc(Br)c2C(N)=S)C1. The van der Waals surface area contributed by atoms with Crippen LogP contribution in [0.4, 0.5) is 5.69 Å². The van der Waals surface area contributed by atoms with Crippen LogP contribution in [0, 0.1) is 5.41 Å². The highest BCUT2D eigenvalue weighted by Gasteiger charge is 2.39. The minimum absolute atomic E-state index is 0.262. The molecule has 2 rings (SSSR count). The van der Waals surface area contributed by atoms with Crippen molar-refractivity contribution < 1.29 is 4.79 Å².